The fourth-order valence-corrected chi connectivity index (χ4v) is 2.39. The average molecular weight is 245 g/mol. The molecular formula is C13H27NO3. The number of carbonyl (C=O) groups excluding carboxylic acids is 1. The first-order chi connectivity index (χ1) is 7.78. The maximum absolute atomic E-state index is 11.2. The van der Waals surface area contributed by atoms with E-state index >= 15 is 0 Å². The van der Waals surface area contributed by atoms with Gasteiger partial charge in [-0.15, -0.1) is 0 Å². The smallest absolute Gasteiger partial charge is 0.223 e. The van der Waals surface area contributed by atoms with Crippen LogP contribution in [0.15, 0.2) is 0 Å². The molecule has 0 radical (unpaired) electrons. The molecule has 1 rings (SSSR count). The van der Waals surface area contributed by atoms with E-state index in [2.05, 4.69) is 13.8 Å². The van der Waals surface area contributed by atoms with Crippen molar-refractivity contribution in [3.05, 3.63) is 0 Å². The molecule has 0 heterocycles. The molecule has 0 aliphatic heterocycles. The van der Waals surface area contributed by atoms with E-state index in [1.807, 2.05) is 6.92 Å². The molecule has 1 aliphatic rings. The highest BCUT2D eigenvalue weighted by molar-refractivity contribution is 5.80. The maximum atomic E-state index is 11.2. The Kier molecular flexibility index (Phi) is 6.72. The first-order valence-electron chi connectivity index (χ1n) is 6.37. The van der Waals surface area contributed by atoms with Crippen LogP contribution in [0.1, 0.15) is 47.0 Å². The fourth-order valence-electron chi connectivity index (χ4n) is 2.39. The summed E-state index contributed by atoms with van der Waals surface area (Å²) >= 11 is 0. The van der Waals surface area contributed by atoms with Crippen molar-refractivity contribution >= 4 is 5.91 Å². The van der Waals surface area contributed by atoms with E-state index in [9.17, 15) is 9.90 Å². The van der Waals surface area contributed by atoms with Gasteiger partial charge in [0.1, 0.15) is 0 Å². The lowest BCUT2D eigenvalue weighted by Crippen LogP contribution is -2.44. The normalized spacial score (nSPS) is 32.9. The first kappa shape index (κ1) is 16.4. The van der Waals surface area contributed by atoms with Gasteiger partial charge in [-0.2, -0.15) is 0 Å². The number of aliphatic hydroxyl groups excluding tert-OH is 2. The Labute approximate surface area is 104 Å². The van der Waals surface area contributed by atoms with E-state index in [4.69, 9.17) is 10.8 Å². The summed E-state index contributed by atoms with van der Waals surface area (Å²) in [6.45, 7) is 8.01. The van der Waals surface area contributed by atoms with Gasteiger partial charge in [-0.1, -0.05) is 20.8 Å². The summed E-state index contributed by atoms with van der Waals surface area (Å²) in [6.07, 6.45) is 1.85. The molecule has 17 heavy (non-hydrogen) atoms. The van der Waals surface area contributed by atoms with Crippen molar-refractivity contribution in [1.82, 2.24) is 0 Å². The number of hydrogen-bond acceptors (Lipinski definition) is 3. The van der Waals surface area contributed by atoms with Crippen LogP contribution < -0.4 is 5.73 Å². The zero-order valence-corrected chi connectivity index (χ0v) is 11.4. The summed E-state index contributed by atoms with van der Waals surface area (Å²) in [7, 11) is 0. The zero-order valence-electron chi connectivity index (χ0n) is 11.4. The van der Waals surface area contributed by atoms with Gasteiger partial charge < -0.3 is 15.9 Å². The lowest BCUT2D eigenvalue weighted by atomic mass is 9.67. The van der Waals surface area contributed by atoms with Crippen molar-refractivity contribution in [2.45, 2.75) is 53.1 Å². The number of amides is 1. The second-order valence-corrected chi connectivity index (χ2v) is 5.46. The molecule has 0 spiro atoms. The lowest BCUT2D eigenvalue weighted by molar-refractivity contribution is -0.133. The minimum atomic E-state index is -0.495. The van der Waals surface area contributed by atoms with Crippen LogP contribution in [0.3, 0.4) is 0 Å². The summed E-state index contributed by atoms with van der Waals surface area (Å²) in [4.78, 5) is 11.2. The summed E-state index contributed by atoms with van der Waals surface area (Å²) < 4.78 is 0. The highest BCUT2D eigenvalue weighted by atomic mass is 16.3. The van der Waals surface area contributed by atoms with Gasteiger partial charge >= 0.3 is 0 Å². The Balaban J connectivity index is 0.000000770. The minimum Gasteiger partial charge on any atom is -0.397 e. The maximum Gasteiger partial charge on any atom is 0.223 e. The van der Waals surface area contributed by atoms with Gasteiger partial charge in [-0.3, -0.25) is 4.79 Å². The van der Waals surface area contributed by atoms with E-state index in [-0.39, 0.29) is 18.6 Å². The monoisotopic (exact) mass is 245 g/mol. The molecule has 0 saturated heterocycles. The van der Waals surface area contributed by atoms with Crippen LogP contribution in [0, 0.1) is 17.3 Å². The number of aliphatic hydroxyl groups is 2. The van der Waals surface area contributed by atoms with Crippen LogP contribution in [0.25, 0.3) is 0 Å². The third-order valence-electron chi connectivity index (χ3n) is 3.63. The summed E-state index contributed by atoms with van der Waals surface area (Å²) in [5.41, 5.74) is 4.84. The van der Waals surface area contributed by atoms with Crippen molar-refractivity contribution in [3.8, 4) is 0 Å². The Morgan fingerprint density at radius 2 is 2.00 bits per heavy atom. The predicted octanol–water partition coefficient (Wildman–Crippen LogP) is 1.29. The topological polar surface area (TPSA) is 83.6 Å². The van der Waals surface area contributed by atoms with Gasteiger partial charge in [0.25, 0.3) is 0 Å². The van der Waals surface area contributed by atoms with Gasteiger partial charge in [0.05, 0.1) is 6.10 Å². The van der Waals surface area contributed by atoms with Crippen molar-refractivity contribution < 1.29 is 15.0 Å². The molecule has 0 aromatic carbocycles. The van der Waals surface area contributed by atoms with E-state index in [0.717, 1.165) is 12.8 Å². The van der Waals surface area contributed by atoms with Gasteiger partial charge in [-0.05, 0) is 38.0 Å². The largest absolute Gasteiger partial charge is 0.397 e. The molecule has 1 amide bonds. The van der Waals surface area contributed by atoms with Crippen LogP contribution in [-0.2, 0) is 4.79 Å². The number of rotatable bonds is 2. The SMILES string of the molecule is CC(C)[C@@H]1CC[C@](C)(C(N)=O)C[C@H]1O.CCO. The molecular weight excluding hydrogens is 218 g/mol. The van der Waals surface area contributed by atoms with Crippen molar-refractivity contribution in [3.63, 3.8) is 0 Å². The second-order valence-electron chi connectivity index (χ2n) is 5.46. The average Bonchev–Trinajstić information content (AvgIpc) is 2.17. The third-order valence-corrected chi connectivity index (χ3v) is 3.63. The number of hydrogen-bond donors (Lipinski definition) is 3. The Bertz CT molecular complexity index is 243. The molecule has 3 atom stereocenters. The minimum absolute atomic E-state index is 0.250. The third kappa shape index (κ3) is 4.64. The van der Waals surface area contributed by atoms with Crippen LogP contribution >= 0.6 is 0 Å². The predicted molar refractivity (Wildman–Crippen MR) is 68.2 cm³/mol. The van der Waals surface area contributed by atoms with Crippen LogP contribution in [0.2, 0.25) is 0 Å². The summed E-state index contributed by atoms with van der Waals surface area (Å²) in [5.74, 6) is 0.517. The quantitative estimate of drug-likeness (QED) is 0.685. The van der Waals surface area contributed by atoms with Gasteiger partial charge in [0.15, 0.2) is 0 Å². The Morgan fingerprint density at radius 3 is 2.29 bits per heavy atom. The van der Waals surface area contributed by atoms with Crippen LogP contribution in [0.5, 0.6) is 0 Å². The lowest BCUT2D eigenvalue weighted by Gasteiger charge is -2.40. The molecule has 4 heteroatoms. The molecule has 0 unspecified atom stereocenters. The van der Waals surface area contributed by atoms with E-state index in [1.165, 1.54) is 0 Å². The highest BCUT2D eigenvalue weighted by Gasteiger charge is 2.41. The van der Waals surface area contributed by atoms with Gasteiger partial charge in [0, 0.05) is 12.0 Å². The van der Waals surface area contributed by atoms with E-state index in [1.54, 1.807) is 6.92 Å². The zero-order chi connectivity index (χ0) is 13.6. The summed E-state index contributed by atoms with van der Waals surface area (Å²) in [6, 6.07) is 0. The van der Waals surface area contributed by atoms with Crippen LogP contribution in [-0.4, -0.2) is 28.8 Å². The molecule has 0 aromatic rings. The number of primary amides is 1. The molecule has 4 nitrogen and oxygen atoms in total. The second kappa shape index (κ2) is 6.97. The Hall–Kier alpha value is -0.610. The highest BCUT2D eigenvalue weighted by Crippen LogP contribution is 2.41. The molecule has 1 saturated carbocycles. The molecule has 4 N–H and O–H groups in total. The number of nitrogens with two attached hydrogens (primary N) is 1. The molecule has 0 bridgehead atoms. The van der Waals surface area contributed by atoms with Crippen molar-refractivity contribution in [1.29, 1.82) is 0 Å². The first-order valence-corrected chi connectivity index (χ1v) is 6.37. The molecule has 102 valence electrons. The van der Waals surface area contributed by atoms with E-state index < -0.39 is 5.41 Å². The Morgan fingerprint density at radius 1 is 1.53 bits per heavy atom. The van der Waals surface area contributed by atoms with Crippen molar-refractivity contribution in [2.75, 3.05) is 6.61 Å². The van der Waals surface area contributed by atoms with E-state index in [0.29, 0.717) is 18.3 Å². The standard InChI is InChI=1S/C11H21NO2.C2H6O/c1-7(2)8-4-5-11(3,10(12)14)6-9(8)13;1-2-3/h7-9,13H,4-6H2,1-3H3,(H2,12,14);3H,2H2,1H3/t8-,9+,11-;/m0./s1. The van der Waals surface area contributed by atoms with Crippen LogP contribution in [0.4, 0.5) is 0 Å². The fraction of sp³-hybridized carbons (Fsp3) is 0.923. The number of carbonyl (C=O) groups is 1. The van der Waals surface area contributed by atoms with Gasteiger partial charge in [-0.25, -0.2) is 0 Å². The van der Waals surface area contributed by atoms with Crippen molar-refractivity contribution in [2.24, 2.45) is 23.0 Å². The molecule has 1 fully saturated rings. The summed E-state index contributed by atoms with van der Waals surface area (Å²) in [5, 5.41) is 17.5. The molecule has 1 aliphatic carbocycles. The van der Waals surface area contributed by atoms with Gasteiger partial charge in [0.2, 0.25) is 5.91 Å². The molecule has 0 aromatic heterocycles.